The zero-order valence-electron chi connectivity index (χ0n) is 19.6. The van der Waals surface area contributed by atoms with Crippen molar-refractivity contribution in [3.05, 3.63) is 76.4 Å². The van der Waals surface area contributed by atoms with Gasteiger partial charge < -0.3 is 15.3 Å². The predicted molar refractivity (Wildman–Crippen MR) is 132 cm³/mol. The third kappa shape index (κ3) is 4.79. The van der Waals surface area contributed by atoms with Gasteiger partial charge in [0.15, 0.2) is 0 Å². The molecule has 33 heavy (non-hydrogen) atoms. The van der Waals surface area contributed by atoms with Crippen molar-refractivity contribution in [1.82, 2.24) is 10.2 Å². The molecule has 172 valence electrons. The smallest absolute Gasteiger partial charge is 0.247 e. The van der Waals surface area contributed by atoms with Gasteiger partial charge in [0.05, 0.1) is 6.61 Å². The van der Waals surface area contributed by atoms with E-state index < -0.39 is 18.1 Å². The van der Waals surface area contributed by atoms with E-state index in [1.165, 1.54) is 33.4 Å². The summed E-state index contributed by atoms with van der Waals surface area (Å²) in [5.74, 6) is -0.462. The van der Waals surface area contributed by atoms with Crippen LogP contribution in [0.5, 0.6) is 0 Å². The number of carbonyl (C=O) groups is 2. The molecule has 1 aliphatic heterocycles. The second kappa shape index (κ2) is 9.36. The number of fused-ring (bicyclic) bond motifs is 2. The Hall–Kier alpha value is -3.18. The van der Waals surface area contributed by atoms with Crippen LogP contribution in [0, 0.1) is 5.41 Å². The highest BCUT2D eigenvalue weighted by Gasteiger charge is 2.31. The van der Waals surface area contributed by atoms with Crippen LogP contribution in [0.4, 0.5) is 0 Å². The number of piperidine rings is 1. The molecule has 0 unspecified atom stereocenters. The van der Waals surface area contributed by atoms with Gasteiger partial charge in [0.1, 0.15) is 6.04 Å². The molecule has 2 aromatic rings. The number of benzene rings is 2. The van der Waals surface area contributed by atoms with Crippen molar-refractivity contribution in [2.45, 2.75) is 39.7 Å². The highest BCUT2D eigenvalue weighted by atomic mass is 16.3. The molecule has 5 nitrogen and oxygen atoms in total. The molecular formula is C28H32N2O3. The van der Waals surface area contributed by atoms with Crippen molar-refractivity contribution in [1.29, 1.82) is 0 Å². The van der Waals surface area contributed by atoms with Gasteiger partial charge in [-0.25, -0.2) is 0 Å². The first-order valence-electron chi connectivity index (χ1n) is 11.6. The van der Waals surface area contributed by atoms with E-state index in [4.69, 9.17) is 0 Å². The standard InChI is InChI=1S/C28H32N2O3/c1-28(2,3)27(33)29-24(18-31)26(32)30-16-14-21(15-17-30)25-22-10-6-4-8-19(22)12-13-20-9-5-7-11-23(20)25/h4-13,24,31H,14-18H2,1-3H3,(H,29,33)/t24-/m1/s1. The summed E-state index contributed by atoms with van der Waals surface area (Å²) in [6.07, 6.45) is 5.86. The summed E-state index contributed by atoms with van der Waals surface area (Å²) in [6, 6.07) is 16.0. The van der Waals surface area contributed by atoms with Crippen LogP contribution in [0.2, 0.25) is 0 Å². The van der Waals surface area contributed by atoms with Gasteiger partial charge in [-0.3, -0.25) is 9.59 Å². The van der Waals surface area contributed by atoms with Gasteiger partial charge >= 0.3 is 0 Å². The maximum Gasteiger partial charge on any atom is 0.247 e. The van der Waals surface area contributed by atoms with Crippen LogP contribution in [0.15, 0.2) is 54.1 Å². The zero-order valence-corrected chi connectivity index (χ0v) is 19.6. The van der Waals surface area contributed by atoms with Crippen LogP contribution in [-0.2, 0) is 9.59 Å². The Balaban J connectivity index is 1.58. The van der Waals surface area contributed by atoms with E-state index in [1.807, 2.05) is 0 Å². The second-order valence-corrected chi connectivity index (χ2v) is 9.77. The lowest BCUT2D eigenvalue weighted by Gasteiger charge is -2.33. The van der Waals surface area contributed by atoms with Gasteiger partial charge in [-0.15, -0.1) is 0 Å². The SMILES string of the molecule is CC(C)(C)C(=O)N[C@H](CO)C(=O)N1CCC(=C2c3ccccc3C=Cc3ccccc32)CC1. The van der Waals surface area contributed by atoms with Crippen molar-refractivity contribution in [2.75, 3.05) is 19.7 Å². The first-order chi connectivity index (χ1) is 15.8. The third-order valence-electron chi connectivity index (χ3n) is 6.40. The molecule has 0 aromatic heterocycles. The summed E-state index contributed by atoms with van der Waals surface area (Å²) >= 11 is 0. The molecule has 1 heterocycles. The number of nitrogens with zero attached hydrogens (tertiary/aromatic N) is 1. The van der Waals surface area contributed by atoms with E-state index in [-0.39, 0.29) is 11.8 Å². The number of likely N-dealkylation sites (tertiary alicyclic amines) is 1. The van der Waals surface area contributed by atoms with E-state index >= 15 is 0 Å². The molecule has 0 radical (unpaired) electrons. The van der Waals surface area contributed by atoms with E-state index in [0.29, 0.717) is 13.1 Å². The Morgan fingerprint density at radius 2 is 1.45 bits per heavy atom. The molecule has 0 saturated carbocycles. The number of nitrogens with one attached hydrogen (secondary N) is 1. The molecule has 1 fully saturated rings. The minimum absolute atomic E-state index is 0.220. The highest BCUT2D eigenvalue weighted by molar-refractivity contribution is 5.95. The molecule has 1 saturated heterocycles. The predicted octanol–water partition coefficient (Wildman–Crippen LogP) is 4.12. The summed E-state index contributed by atoms with van der Waals surface area (Å²) in [6.45, 7) is 6.10. The molecule has 2 N–H and O–H groups in total. The van der Waals surface area contributed by atoms with Crippen molar-refractivity contribution in [3.63, 3.8) is 0 Å². The number of hydrogen-bond acceptors (Lipinski definition) is 3. The van der Waals surface area contributed by atoms with Gasteiger partial charge in [-0.1, -0.05) is 87.0 Å². The van der Waals surface area contributed by atoms with Crippen LogP contribution < -0.4 is 5.32 Å². The summed E-state index contributed by atoms with van der Waals surface area (Å²) < 4.78 is 0. The summed E-state index contributed by atoms with van der Waals surface area (Å²) in [7, 11) is 0. The lowest BCUT2D eigenvalue weighted by atomic mass is 9.86. The summed E-state index contributed by atoms with van der Waals surface area (Å²) in [5.41, 5.74) is 6.81. The lowest BCUT2D eigenvalue weighted by molar-refractivity contribution is -0.140. The monoisotopic (exact) mass is 444 g/mol. The quantitative estimate of drug-likeness (QED) is 0.639. The van der Waals surface area contributed by atoms with E-state index in [9.17, 15) is 14.7 Å². The fraction of sp³-hybridized carbons (Fsp3) is 0.357. The minimum Gasteiger partial charge on any atom is -0.394 e. The molecule has 2 aliphatic rings. The van der Waals surface area contributed by atoms with Crippen LogP contribution in [0.25, 0.3) is 17.7 Å². The summed E-state index contributed by atoms with van der Waals surface area (Å²) in [4.78, 5) is 27.2. The van der Waals surface area contributed by atoms with Crippen molar-refractivity contribution < 1.29 is 14.7 Å². The van der Waals surface area contributed by atoms with Crippen molar-refractivity contribution in [3.8, 4) is 0 Å². The van der Waals surface area contributed by atoms with Gasteiger partial charge in [-0.05, 0) is 40.7 Å². The molecular weight excluding hydrogens is 412 g/mol. The molecule has 1 aliphatic carbocycles. The maximum atomic E-state index is 13.1. The van der Waals surface area contributed by atoms with E-state index in [1.54, 1.807) is 25.7 Å². The van der Waals surface area contributed by atoms with Crippen LogP contribution in [0.1, 0.15) is 55.9 Å². The van der Waals surface area contributed by atoms with Gasteiger partial charge in [0, 0.05) is 18.5 Å². The number of aliphatic hydroxyl groups excluding tert-OH is 1. The molecule has 1 atom stereocenters. The van der Waals surface area contributed by atoms with Crippen LogP contribution >= 0.6 is 0 Å². The average Bonchev–Trinajstić information content (AvgIpc) is 2.98. The lowest BCUT2D eigenvalue weighted by Crippen LogP contribution is -2.53. The zero-order chi connectivity index (χ0) is 23.6. The molecule has 2 aromatic carbocycles. The number of carbonyl (C=O) groups excluding carboxylic acids is 2. The molecule has 0 bridgehead atoms. The van der Waals surface area contributed by atoms with Gasteiger partial charge in [0.2, 0.25) is 11.8 Å². The highest BCUT2D eigenvalue weighted by Crippen LogP contribution is 2.38. The Morgan fingerprint density at radius 3 is 1.94 bits per heavy atom. The van der Waals surface area contributed by atoms with E-state index in [2.05, 4.69) is 66.0 Å². The first-order valence-corrected chi connectivity index (χ1v) is 11.6. The van der Waals surface area contributed by atoms with Crippen LogP contribution in [-0.4, -0.2) is 47.6 Å². The normalized spacial score (nSPS) is 16.5. The largest absolute Gasteiger partial charge is 0.394 e. The average molecular weight is 445 g/mol. The Bertz CT molecular complexity index is 1060. The fourth-order valence-electron chi connectivity index (χ4n) is 4.47. The molecule has 2 amide bonds. The second-order valence-electron chi connectivity index (χ2n) is 9.77. The maximum absolute atomic E-state index is 13.1. The van der Waals surface area contributed by atoms with Gasteiger partial charge in [-0.2, -0.15) is 0 Å². The number of aliphatic hydroxyl groups is 1. The summed E-state index contributed by atoms with van der Waals surface area (Å²) in [5, 5.41) is 12.5. The van der Waals surface area contributed by atoms with E-state index in [0.717, 1.165) is 12.8 Å². The topological polar surface area (TPSA) is 69.6 Å². The molecule has 0 spiro atoms. The van der Waals surface area contributed by atoms with Crippen molar-refractivity contribution >= 4 is 29.5 Å². The Morgan fingerprint density at radius 1 is 0.939 bits per heavy atom. The Kier molecular flexibility index (Phi) is 6.52. The number of rotatable bonds is 3. The molecule has 4 rings (SSSR count). The van der Waals surface area contributed by atoms with Crippen molar-refractivity contribution in [2.24, 2.45) is 5.41 Å². The first kappa shape index (κ1) is 23.0. The molecule has 5 heteroatoms. The minimum atomic E-state index is -0.908. The fourth-order valence-corrected chi connectivity index (χ4v) is 4.47. The van der Waals surface area contributed by atoms with Crippen LogP contribution in [0.3, 0.4) is 0 Å². The third-order valence-corrected chi connectivity index (χ3v) is 6.40. The Labute approximate surface area is 195 Å². The number of hydrogen-bond donors (Lipinski definition) is 2. The number of amides is 2. The van der Waals surface area contributed by atoms with Gasteiger partial charge in [0.25, 0.3) is 0 Å².